The Balaban J connectivity index is 1.49. The van der Waals surface area contributed by atoms with Crippen molar-refractivity contribution >= 4 is 44.0 Å². The molecule has 1 heterocycles. The lowest BCUT2D eigenvalue weighted by Crippen LogP contribution is -2.18. The highest BCUT2D eigenvalue weighted by atomic mass is 35.5. The van der Waals surface area contributed by atoms with Gasteiger partial charge >= 0.3 is 0 Å². The van der Waals surface area contributed by atoms with E-state index in [4.69, 9.17) is 16.7 Å². The van der Waals surface area contributed by atoms with Gasteiger partial charge in [-0.25, -0.2) is 22.6 Å². The maximum absolute atomic E-state index is 15.0. The summed E-state index contributed by atoms with van der Waals surface area (Å²) in [5, 5.41) is 14.1. The normalized spacial score (nSPS) is 11.6. The number of halogens is 2. The lowest BCUT2D eigenvalue weighted by molar-refractivity contribution is 0.101. The van der Waals surface area contributed by atoms with Gasteiger partial charge < -0.3 is 5.32 Å². The number of hydrogen-bond acceptors (Lipinski definition) is 4. The van der Waals surface area contributed by atoms with Gasteiger partial charge in [0.05, 0.1) is 21.3 Å². The molecule has 186 valence electrons. The molecule has 5 rings (SSSR count). The highest BCUT2D eigenvalue weighted by Crippen LogP contribution is 2.32. The van der Waals surface area contributed by atoms with E-state index < -0.39 is 21.7 Å². The molecule has 37 heavy (non-hydrogen) atoms. The number of aromatic nitrogens is 2. The molecule has 0 aliphatic carbocycles. The van der Waals surface area contributed by atoms with Crippen LogP contribution in [-0.2, 0) is 10.0 Å². The van der Waals surface area contributed by atoms with E-state index in [1.54, 1.807) is 55.5 Å². The second-order valence-corrected chi connectivity index (χ2v) is 10.4. The summed E-state index contributed by atoms with van der Waals surface area (Å²) in [5.74, 6) is -1.07. The van der Waals surface area contributed by atoms with Crippen LogP contribution in [0.25, 0.3) is 27.6 Å². The average Bonchev–Trinajstić information content (AvgIpc) is 3.25. The number of sulfonamides is 1. The molecule has 1 amide bonds. The smallest absolute Gasteiger partial charge is 0.274 e. The standard InChI is InChI=1S/C27H20ClFN4O3S/c1-16-12-25(33(32-16)24-15-18-7-3-2-6-17(18)14-22(24)29)27(34)31-23-11-10-19(13-21(23)28)20-8-4-5-9-26(20)37(30,35)36/h2-15H,1H3,(H,31,34)(H2,30,35,36). The molecule has 0 spiro atoms. The molecule has 0 saturated carbocycles. The highest BCUT2D eigenvalue weighted by molar-refractivity contribution is 7.89. The van der Waals surface area contributed by atoms with Crippen LogP contribution in [0.15, 0.2) is 89.8 Å². The molecule has 0 radical (unpaired) electrons. The van der Waals surface area contributed by atoms with Crippen LogP contribution in [0.3, 0.4) is 0 Å². The van der Waals surface area contributed by atoms with Gasteiger partial charge in [0, 0.05) is 5.56 Å². The van der Waals surface area contributed by atoms with Crippen molar-refractivity contribution in [3.8, 4) is 16.8 Å². The van der Waals surface area contributed by atoms with E-state index in [-0.39, 0.29) is 27.0 Å². The lowest BCUT2D eigenvalue weighted by atomic mass is 10.1. The topological polar surface area (TPSA) is 107 Å². The van der Waals surface area contributed by atoms with Gasteiger partial charge in [0.25, 0.3) is 5.91 Å². The number of nitrogens with two attached hydrogens (primary N) is 1. The first kappa shape index (κ1) is 24.6. The first-order valence-corrected chi connectivity index (χ1v) is 13.0. The molecular weight excluding hydrogens is 515 g/mol. The van der Waals surface area contributed by atoms with Crippen LogP contribution in [0.2, 0.25) is 5.02 Å². The van der Waals surface area contributed by atoms with Gasteiger partial charge in [0.2, 0.25) is 10.0 Å². The van der Waals surface area contributed by atoms with E-state index in [1.807, 2.05) is 18.2 Å². The average molecular weight is 535 g/mol. The van der Waals surface area contributed by atoms with Gasteiger partial charge in [-0.15, -0.1) is 0 Å². The molecule has 5 aromatic rings. The Morgan fingerprint density at radius 1 is 0.973 bits per heavy atom. The summed E-state index contributed by atoms with van der Waals surface area (Å²) in [6.07, 6.45) is 0. The Kier molecular flexibility index (Phi) is 6.28. The summed E-state index contributed by atoms with van der Waals surface area (Å²) in [6, 6.07) is 22.9. The first-order valence-electron chi connectivity index (χ1n) is 11.1. The van der Waals surface area contributed by atoms with Crippen LogP contribution >= 0.6 is 11.6 Å². The van der Waals surface area contributed by atoms with Crippen molar-refractivity contribution < 1.29 is 17.6 Å². The Morgan fingerprint density at radius 3 is 2.35 bits per heavy atom. The Hall–Kier alpha value is -4.05. The fraction of sp³-hybridized carbons (Fsp3) is 0.0370. The summed E-state index contributed by atoms with van der Waals surface area (Å²) in [4.78, 5) is 13.2. The minimum atomic E-state index is -3.96. The molecule has 0 atom stereocenters. The van der Waals surface area contributed by atoms with Gasteiger partial charge in [-0.3, -0.25) is 4.79 Å². The molecule has 0 bridgehead atoms. The van der Waals surface area contributed by atoms with Crippen molar-refractivity contribution in [2.24, 2.45) is 5.14 Å². The zero-order valence-electron chi connectivity index (χ0n) is 19.4. The van der Waals surface area contributed by atoms with E-state index in [0.717, 1.165) is 10.8 Å². The fourth-order valence-electron chi connectivity index (χ4n) is 4.13. The quantitative estimate of drug-likeness (QED) is 0.302. The number of hydrogen-bond donors (Lipinski definition) is 2. The number of benzene rings is 4. The monoisotopic (exact) mass is 534 g/mol. The Bertz CT molecular complexity index is 1800. The molecule has 0 saturated heterocycles. The molecule has 7 nitrogen and oxygen atoms in total. The molecule has 10 heteroatoms. The van der Waals surface area contributed by atoms with E-state index in [9.17, 15) is 13.2 Å². The van der Waals surface area contributed by atoms with Gasteiger partial charge in [0.1, 0.15) is 17.2 Å². The van der Waals surface area contributed by atoms with Crippen LogP contribution < -0.4 is 10.5 Å². The number of rotatable bonds is 5. The Morgan fingerprint density at radius 2 is 1.65 bits per heavy atom. The van der Waals surface area contributed by atoms with Gasteiger partial charge in [-0.2, -0.15) is 5.10 Å². The van der Waals surface area contributed by atoms with E-state index in [2.05, 4.69) is 10.4 Å². The predicted molar refractivity (Wildman–Crippen MR) is 142 cm³/mol. The SMILES string of the molecule is Cc1cc(C(=O)Nc2ccc(-c3ccccc3S(N)(=O)=O)cc2Cl)n(-c2cc3ccccc3cc2F)n1. The zero-order chi connectivity index (χ0) is 26.3. The van der Waals surface area contributed by atoms with Gasteiger partial charge in [-0.1, -0.05) is 60.1 Å². The number of amides is 1. The molecular formula is C27H20ClFN4O3S. The maximum atomic E-state index is 15.0. The van der Waals surface area contributed by atoms with Crippen molar-refractivity contribution in [3.05, 3.63) is 107 Å². The summed E-state index contributed by atoms with van der Waals surface area (Å²) in [5.41, 5.74) is 1.95. The maximum Gasteiger partial charge on any atom is 0.274 e. The van der Waals surface area contributed by atoms with Crippen molar-refractivity contribution in [2.45, 2.75) is 11.8 Å². The third kappa shape index (κ3) is 4.84. The second kappa shape index (κ2) is 9.44. The number of anilines is 1. The molecule has 0 fully saturated rings. The molecule has 3 N–H and O–H groups in total. The van der Waals surface area contributed by atoms with Crippen molar-refractivity contribution in [3.63, 3.8) is 0 Å². The minimum absolute atomic E-state index is 0.0420. The number of aryl methyl sites for hydroxylation is 1. The summed E-state index contributed by atoms with van der Waals surface area (Å²) in [7, 11) is -3.96. The molecule has 0 aliphatic rings. The minimum Gasteiger partial charge on any atom is -0.319 e. The van der Waals surface area contributed by atoms with Crippen molar-refractivity contribution in [1.82, 2.24) is 9.78 Å². The molecule has 0 aliphatic heterocycles. The summed E-state index contributed by atoms with van der Waals surface area (Å²) < 4.78 is 40.2. The number of nitrogens with one attached hydrogen (secondary N) is 1. The molecule has 0 unspecified atom stereocenters. The zero-order valence-corrected chi connectivity index (χ0v) is 21.0. The van der Waals surface area contributed by atoms with Crippen LogP contribution in [0, 0.1) is 12.7 Å². The van der Waals surface area contributed by atoms with Gasteiger partial charge in [-0.05, 0) is 59.7 Å². The molecule has 1 aromatic heterocycles. The molecule has 4 aromatic carbocycles. The number of primary sulfonamides is 1. The summed E-state index contributed by atoms with van der Waals surface area (Å²) >= 11 is 6.45. The summed E-state index contributed by atoms with van der Waals surface area (Å²) in [6.45, 7) is 1.71. The van der Waals surface area contributed by atoms with Crippen molar-refractivity contribution in [2.75, 3.05) is 5.32 Å². The van der Waals surface area contributed by atoms with Crippen molar-refractivity contribution in [1.29, 1.82) is 0 Å². The third-order valence-electron chi connectivity index (χ3n) is 5.83. The number of fused-ring (bicyclic) bond motifs is 1. The third-order valence-corrected chi connectivity index (χ3v) is 7.11. The van der Waals surface area contributed by atoms with E-state index >= 15 is 4.39 Å². The Labute approximate surface area is 217 Å². The van der Waals surface area contributed by atoms with Crippen LogP contribution in [0.5, 0.6) is 0 Å². The van der Waals surface area contributed by atoms with Crippen LogP contribution in [-0.4, -0.2) is 24.1 Å². The largest absolute Gasteiger partial charge is 0.319 e. The van der Waals surface area contributed by atoms with E-state index in [1.165, 1.54) is 22.9 Å². The number of carbonyl (C=O) groups excluding carboxylic acids is 1. The number of nitrogens with zero attached hydrogens (tertiary/aromatic N) is 2. The van der Waals surface area contributed by atoms with Gasteiger partial charge in [0.15, 0.2) is 0 Å². The van der Waals surface area contributed by atoms with Crippen LogP contribution in [0.1, 0.15) is 16.2 Å². The van der Waals surface area contributed by atoms with Crippen LogP contribution in [0.4, 0.5) is 10.1 Å². The van der Waals surface area contributed by atoms with E-state index in [0.29, 0.717) is 16.8 Å². The lowest BCUT2D eigenvalue weighted by Gasteiger charge is -2.13. The predicted octanol–water partition coefficient (Wildman–Crippen LogP) is 5.69. The number of carbonyl (C=O) groups is 1. The fourth-order valence-corrected chi connectivity index (χ4v) is 5.12. The first-order chi connectivity index (χ1) is 17.6. The highest BCUT2D eigenvalue weighted by Gasteiger charge is 2.20. The second-order valence-electron chi connectivity index (χ2n) is 8.42.